The summed E-state index contributed by atoms with van der Waals surface area (Å²) in [5.41, 5.74) is 1.76. The van der Waals surface area contributed by atoms with E-state index in [9.17, 15) is 27.9 Å². The molecule has 0 unspecified atom stereocenters. The van der Waals surface area contributed by atoms with Gasteiger partial charge >= 0.3 is 6.18 Å². The minimum absolute atomic E-state index is 0.0701. The van der Waals surface area contributed by atoms with E-state index in [1.165, 1.54) is 34.8 Å². The van der Waals surface area contributed by atoms with Gasteiger partial charge in [-0.25, -0.2) is 9.97 Å². The molecule has 4 aromatic rings. The van der Waals surface area contributed by atoms with Crippen LogP contribution in [0.15, 0.2) is 52.3 Å². The van der Waals surface area contributed by atoms with Gasteiger partial charge < -0.3 is 10.4 Å². The van der Waals surface area contributed by atoms with Crippen molar-refractivity contribution in [3.63, 3.8) is 0 Å². The second kappa shape index (κ2) is 11.4. The quantitative estimate of drug-likeness (QED) is 0.220. The fourth-order valence-corrected chi connectivity index (χ4v) is 6.01. The predicted molar refractivity (Wildman–Crippen MR) is 145 cm³/mol. The first-order chi connectivity index (χ1) is 17.9. The summed E-state index contributed by atoms with van der Waals surface area (Å²) in [5.74, 6) is -0.607. The van der Waals surface area contributed by atoms with Gasteiger partial charge in [-0.3, -0.25) is 9.59 Å². The Morgan fingerprint density at radius 3 is 2.45 bits per heavy atom. The van der Waals surface area contributed by atoms with E-state index in [-0.39, 0.29) is 29.9 Å². The summed E-state index contributed by atoms with van der Waals surface area (Å²) < 4.78 is 38.9. The molecule has 0 aliphatic heterocycles. The normalized spacial score (nSPS) is 12.4. The molecule has 0 saturated heterocycles. The number of hydrogen-bond acceptors (Lipinski definition) is 7. The molecule has 6 nitrogen and oxygen atoms in total. The average Bonchev–Trinajstić information content (AvgIpc) is 3.44. The van der Waals surface area contributed by atoms with Gasteiger partial charge in [0.05, 0.1) is 28.2 Å². The molecule has 0 saturated carbocycles. The van der Waals surface area contributed by atoms with Gasteiger partial charge in [0.2, 0.25) is 0 Å². The molecule has 0 radical (unpaired) electrons. The molecule has 2 aromatic heterocycles. The lowest BCUT2D eigenvalue weighted by Crippen LogP contribution is -2.14. The first-order valence-electron chi connectivity index (χ1n) is 11.3. The topological polar surface area (TPSA) is 92.2 Å². The summed E-state index contributed by atoms with van der Waals surface area (Å²) >= 11 is 6.09. The Bertz CT molecular complexity index is 1480. The number of aryl methyl sites for hydroxylation is 1. The standard InChI is InChI=1S/C26H21BrF3N3O3S2/c1-13-23(38-25(31-13)14(2)34)21-12-37-22(33-21)11-20(35)9-15-7-16(10-18(27)8-15)24(36)32-19-5-3-17(4-6-19)26(28,29)30/h3-8,10,12,14,34H,9,11H2,1-2H3,(H,32,36)/t14-/m0/s1. The molecule has 0 bridgehead atoms. The first-order valence-corrected chi connectivity index (χ1v) is 13.8. The number of rotatable bonds is 8. The SMILES string of the molecule is Cc1nc([C@H](C)O)sc1-c1csc(CC(=O)Cc2cc(Br)cc(C(=O)Nc3ccc(C(F)(F)F)cc3)c2)n1. The van der Waals surface area contributed by atoms with E-state index in [2.05, 4.69) is 31.2 Å². The number of benzene rings is 2. The van der Waals surface area contributed by atoms with E-state index >= 15 is 0 Å². The van der Waals surface area contributed by atoms with Crippen LogP contribution in [-0.2, 0) is 23.8 Å². The highest BCUT2D eigenvalue weighted by atomic mass is 79.9. The minimum atomic E-state index is -4.46. The van der Waals surface area contributed by atoms with Crippen LogP contribution in [0.3, 0.4) is 0 Å². The predicted octanol–water partition coefficient (Wildman–Crippen LogP) is 7.02. The van der Waals surface area contributed by atoms with E-state index in [1.54, 1.807) is 25.1 Å². The Morgan fingerprint density at radius 1 is 1.11 bits per heavy atom. The number of carbonyl (C=O) groups is 2. The fourth-order valence-electron chi connectivity index (χ4n) is 3.62. The second-order valence-electron chi connectivity index (χ2n) is 8.54. The third-order valence-electron chi connectivity index (χ3n) is 5.39. The summed E-state index contributed by atoms with van der Waals surface area (Å²) in [6.07, 6.45) is -4.94. The molecule has 4 rings (SSSR count). The zero-order chi connectivity index (χ0) is 27.6. The molecule has 0 aliphatic rings. The number of amides is 1. The van der Waals surface area contributed by atoms with Crippen LogP contribution in [0.1, 0.15) is 50.2 Å². The van der Waals surface area contributed by atoms with E-state index < -0.39 is 23.8 Å². The Labute approximate surface area is 232 Å². The van der Waals surface area contributed by atoms with Crippen LogP contribution in [0.5, 0.6) is 0 Å². The third-order valence-corrected chi connectivity index (χ3v) is 8.05. The zero-order valence-corrected chi connectivity index (χ0v) is 23.3. The largest absolute Gasteiger partial charge is 0.416 e. The molecular formula is C26H21BrF3N3O3S2. The second-order valence-corrected chi connectivity index (χ2v) is 11.4. The average molecular weight is 625 g/mol. The number of Topliss-reactive ketones (excluding diaryl/α,β-unsaturated/α-hetero) is 1. The minimum Gasteiger partial charge on any atom is -0.386 e. The maximum Gasteiger partial charge on any atom is 0.416 e. The molecule has 2 aromatic carbocycles. The number of aromatic nitrogens is 2. The number of hydrogen-bond donors (Lipinski definition) is 2. The number of aliphatic hydroxyl groups excluding tert-OH is 1. The highest BCUT2D eigenvalue weighted by Gasteiger charge is 2.30. The van der Waals surface area contributed by atoms with Gasteiger partial charge in [0, 0.05) is 27.5 Å². The Balaban J connectivity index is 1.41. The Hall–Kier alpha value is -2.93. The molecule has 1 amide bonds. The Kier molecular flexibility index (Phi) is 8.46. The molecule has 2 heterocycles. The van der Waals surface area contributed by atoms with Crippen molar-refractivity contribution in [2.75, 3.05) is 5.32 Å². The van der Waals surface area contributed by atoms with E-state index in [1.807, 2.05) is 12.3 Å². The van der Waals surface area contributed by atoms with Crippen LogP contribution >= 0.6 is 38.6 Å². The van der Waals surface area contributed by atoms with Crippen LogP contribution in [0.2, 0.25) is 0 Å². The van der Waals surface area contributed by atoms with Crippen molar-refractivity contribution in [1.29, 1.82) is 0 Å². The number of halogens is 4. The molecule has 198 valence electrons. The maximum absolute atomic E-state index is 12.8. The summed E-state index contributed by atoms with van der Waals surface area (Å²) in [6, 6.07) is 9.04. The smallest absolute Gasteiger partial charge is 0.386 e. The van der Waals surface area contributed by atoms with Gasteiger partial charge in [-0.15, -0.1) is 22.7 Å². The van der Waals surface area contributed by atoms with Gasteiger partial charge in [0.1, 0.15) is 21.9 Å². The number of aliphatic hydroxyl groups is 1. The van der Waals surface area contributed by atoms with Gasteiger partial charge in [0.15, 0.2) is 0 Å². The van der Waals surface area contributed by atoms with Crippen molar-refractivity contribution in [2.24, 2.45) is 0 Å². The molecular weight excluding hydrogens is 603 g/mol. The lowest BCUT2D eigenvalue weighted by Gasteiger charge is -2.10. The van der Waals surface area contributed by atoms with Gasteiger partial charge in [-0.05, 0) is 61.9 Å². The lowest BCUT2D eigenvalue weighted by atomic mass is 10.0. The van der Waals surface area contributed by atoms with E-state index in [4.69, 9.17) is 0 Å². The van der Waals surface area contributed by atoms with Crippen LogP contribution in [0.4, 0.5) is 18.9 Å². The zero-order valence-electron chi connectivity index (χ0n) is 20.1. The van der Waals surface area contributed by atoms with Crippen molar-refractivity contribution in [2.45, 2.75) is 39.0 Å². The summed E-state index contributed by atoms with van der Waals surface area (Å²) in [5, 5.41) is 15.5. The molecule has 0 spiro atoms. The van der Waals surface area contributed by atoms with Crippen molar-refractivity contribution >= 4 is 56.0 Å². The lowest BCUT2D eigenvalue weighted by molar-refractivity contribution is -0.137. The summed E-state index contributed by atoms with van der Waals surface area (Å²) in [7, 11) is 0. The molecule has 0 aliphatic carbocycles. The number of thiazole rings is 2. The van der Waals surface area contributed by atoms with E-state index in [0.29, 0.717) is 25.7 Å². The molecule has 38 heavy (non-hydrogen) atoms. The molecule has 1 atom stereocenters. The van der Waals surface area contributed by atoms with Crippen LogP contribution in [-0.4, -0.2) is 26.8 Å². The summed E-state index contributed by atoms with van der Waals surface area (Å²) in [6.45, 7) is 3.50. The van der Waals surface area contributed by atoms with Gasteiger partial charge in [0.25, 0.3) is 5.91 Å². The number of nitrogens with one attached hydrogen (secondary N) is 1. The number of alkyl halides is 3. The molecule has 2 N–H and O–H groups in total. The number of carbonyl (C=O) groups excluding carboxylic acids is 2. The number of anilines is 1. The van der Waals surface area contributed by atoms with Crippen LogP contribution < -0.4 is 5.32 Å². The monoisotopic (exact) mass is 623 g/mol. The van der Waals surface area contributed by atoms with Crippen LogP contribution in [0.25, 0.3) is 10.6 Å². The van der Waals surface area contributed by atoms with Crippen LogP contribution in [0, 0.1) is 6.92 Å². The number of ketones is 1. The van der Waals surface area contributed by atoms with Gasteiger partial charge in [-0.1, -0.05) is 15.9 Å². The first kappa shape index (κ1) is 28.1. The Morgan fingerprint density at radius 2 is 1.82 bits per heavy atom. The van der Waals surface area contributed by atoms with Crippen molar-refractivity contribution in [3.8, 4) is 10.6 Å². The van der Waals surface area contributed by atoms with Gasteiger partial charge in [-0.2, -0.15) is 13.2 Å². The van der Waals surface area contributed by atoms with Crippen molar-refractivity contribution in [3.05, 3.63) is 84.7 Å². The van der Waals surface area contributed by atoms with E-state index in [0.717, 1.165) is 22.7 Å². The molecule has 12 heteroatoms. The summed E-state index contributed by atoms with van der Waals surface area (Å²) in [4.78, 5) is 35.3. The third kappa shape index (κ3) is 6.93. The molecule has 0 fully saturated rings. The highest BCUT2D eigenvalue weighted by Crippen LogP contribution is 2.33. The fraction of sp³-hybridized carbons (Fsp3) is 0.231. The highest BCUT2D eigenvalue weighted by molar-refractivity contribution is 9.10. The number of nitrogens with zero attached hydrogens (tertiary/aromatic N) is 2. The van der Waals surface area contributed by atoms with Crippen molar-refractivity contribution < 1.29 is 27.9 Å². The van der Waals surface area contributed by atoms with Crippen molar-refractivity contribution in [1.82, 2.24) is 9.97 Å². The maximum atomic E-state index is 12.8.